The number of aromatic nitrogens is 2. The maximum Gasteiger partial charge on any atom is 0.242 e. The van der Waals surface area contributed by atoms with Crippen molar-refractivity contribution < 1.29 is 13.2 Å². The maximum absolute atomic E-state index is 12.3. The normalized spacial score (nSPS) is 11.8. The zero-order valence-electron chi connectivity index (χ0n) is 17.9. The lowest BCUT2D eigenvalue weighted by Crippen LogP contribution is -2.24. The van der Waals surface area contributed by atoms with Gasteiger partial charge in [0.15, 0.2) is 0 Å². The number of para-hydroxylation sites is 1. The topological polar surface area (TPSA) is 87.5 Å². The molecule has 1 heterocycles. The van der Waals surface area contributed by atoms with E-state index in [1.807, 2.05) is 54.5 Å². The fraction of sp³-hybridized carbons (Fsp3) is 0.273. The van der Waals surface area contributed by atoms with Crippen LogP contribution < -0.4 is 5.32 Å². The lowest BCUT2D eigenvalue weighted by molar-refractivity contribution is -0.116. The molecule has 3 aromatic rings. The first kappa shape index (κ1) is 22.7. The molecule has 0 fully saturated rings. The molecular formula is C22H27N5O3S. The van der Waals surface area contributed by atoms with Gasteiger partial charge < -0.3 is 10.2 Å². The molecule has 0 aliphatic carbocycles. The molecule has 1 aromatic heterocycles. The molecule has 8 nitrogen and oxygen atoms in total. The van der Waals surface area contributed by atoms with Crippen LogP contribution in [0.1, 0.15) is 12.0 Å². The second kappa shape index (κ2) is 9.86. The fourth-order valence-electron chi connectivity index (χ4n) is 2.99. The number of hydrogen-bond acceptors (Lipinski definition) is 5. The molecule has 3 rings (SSSR count). The van der Waals surface area contributed by atoms with Gasteiger partial charge in [0, 0.05) is 51.1 Å². The van der Waals surface area contributed by atoms with E-state index in [1.54, 1.807) is 12.1 Å². The van der Waals surface area contributed by atoms with E-state index in [4.69, 9.17) is 0 Å². The molecule has 0 atom stereocenters. The number of carbonyl (C=O) groups is 1. The second-order valence-corrected chi connectivity index (χ2v) is 9.63. The number of nitrogens with one attached hydrogen (secondary N) is 1. The van der Waals surface area contributed by atoms with Gasteiger partial charge in [0.25, 0.3) is 0 Å². The van der Waals surface area contributed by atoms with Gasteiger partial charge in [-0.2, -0.15) is 5.10 Å². The van der Waals surface area contributed by atoms with Gasteiger partial charge in [0.2, 0.25) is 15.9 Å². The molecule has 0 unspecified atom stereocenters. The Morgan fingerprint density at radius 2 is 1.71 bits per heavy atom. The smallest absolute Gasteiger partial charge is 0.242 e. The van der Waals surface area contributed by atoms with Crippen molar-refractivity contribution in [1.29, 1.82) is 0 Å². The first-order valence-corrected chi connectivity index (χ1v) is 11.3. The molecule has 0 aliphatic heterocycles. The highest BCUT2D eigenvalue weighted by Gasteiger charge is 2.16. The molecule has 0 spiro atoms. The van der Waals surface area contributed by atoms with Crippen molar-refractivity contribution in [2.45, 2.75) is 17.9 Å². The third-order valence-electron chi connectivity index (χ3n) is 4.75. The van der Waals surface area contributed by atoms with E-state index in [0.29, 0.717) is 25.2 Å². The molecule has 9 heteroatoms. The van der Waals surface area contributed by atoms with Crippen molar-refractivity contribution in [3.8, 4) is 5.69 Å². The summed E-state index contributed by atoms with van der Waals surface area (Å²) in [4.78, 5) is 14.5. The van der Waals surface area contributed by atoms with E-state index in [9.17, 15) is 13.2 Å². The maximum atomic E-state index is 12.3. The molecule has 2 aromatic carbocycles. The van der Waals surface area contributed by atoms with E-state index in [2.05, 4.69) is 15.3 Å². The highest BCUT2D eigenvalue weighted by Crippen LogP contribution is 2.17. The van der Waals surface area contributed by atoms with Crippen molar-refractivity contribution in [3.63, 3.8) is 0 Å². The van der Waals surface area contributed by atoms with Gasteiger partial charge in [-0.05, 0) is 43.4 Å². The number of rotatable bonds is 9. The number of anilines is 1. The summed E-state index contributed by atoms with van der Waals surface area (Å²) >= 11 is 0. The minimum Gasteiger partial charge on any atom is -0.326 e. The second-order valence-electron chi connectivity index (χ2n) is 7.48. The van der Waals surface area contributed by atoms with Gasteiger partial charge in [0.1, 0.15) is 0 Å². The quantitative estimate of drug-likeness (QED) is 0.552. The summed E-state index contributed by atoms with van der Waals surface area (Å²) in [5.41, 5.74) is 2.62. The summed E-state index contributed by atoms with van der Waals surface area (Å²) in [6.45, 7) is 1.26. The average Bonchev–Trinajstić information content (AvgIpc) is 3.21. The first-order valence-electron chi connectivity index (χ1n) is 9.85. The summed E-state index contributed by atoms with van der Waals surface area (Å²) in [7, 11) is 1.43. The SMILES string of the molecule is CN(CCC(=O)Nc1ccc(S(=O)(=O)N(C)C)cc1)Cc1cnn(-c2ccccc2)c1. The molecule has 0 aliphatic rings. The van der Waals surface area contributed by atoms with E-state index < -0.39 is 10.0 Å². The monoisotopic (exact) mass is 441 g/mol. The van der Waals surface area contributed by atoms with Gasteiger partial charge in [-0.25, -0.2) is 17.4 Å². The summed E-state index contributed by atoms with van der Waals surface area (Å²) in [6.07, 6.45) is 4.13. The van der Waals surface area contributed by atoms with Crippen molar-refractivity contribution in [2.75, 3.05) is 33.0 Å². The molecule has 0 saturated carbocycles. The van der Waals surface area contributed by atoms with E-state index in [-0.39, 0.29) is 10.8 Å². The van der Waals surface area contributed by atoms with Crippen LogP contribution in [0.2, 0.25) is 0 Å². The Kier molecular flexibility index (Phi) is 7.21. The Morgan fingerprint density at radius 1 is 1.03 bits per heavy atom. The van der Waals surface area contributed by atoms with Crippen LogP contribution in [0.4, 0.5) is 5.69 Å². The Labute approximate surface area is 183 Å². The molecule has 1 N–H and O–H groups in total. The summed E-state index contributed by atoms with van der Waals surface area (Å²) in [5.74, 6) is -0.130. The van der Waals surface area contributed by atoms with Crippen LogP contribution in [0.25, 0.3) is 5.69 Å². The largest absolute Gasteiger partial charge is 0.326 e. The molecular weight excluding hydrogens is 414 g/mol. The average molecular weight is 442 g/mol. The van der Waals surface area contributed by atoms with E-state index in [0.717, 1.165) is 15.6 Å². The van der Waals surface area contributed by atoms with Crippen LogP contribution in [0.15, 0.2) is 71.9 Å². The number of nitrogens with zero attached hydrogens (tertiary/aromatic N) is 4. The number of sulfonamides is 1. The van der Waals surface area contributed by atoms with Gasteiger partial charge in [0.05, 0.1) is 16.8 Å². The van der Waals surface area contributed by atoms with Crippen LogP contribution in [0.3, 0.4) is 0 Å². The lowest BCUT2D eigenvalue weighted by atomic mass is 10.3. The van der Waals surface area contributed by atoms with Crippen molar-refractivity contribution in [3.05, 3.63) is 72.6 Å². The molecule has 164 valence electrons. The van der Waals surface area contributed by atoms with Crippen LogP contribution in [-0.4, -0.2) is 61.0 Å². The van der Waals surface area contributed by atoms with E-state index in [1.165, 1.54) is 26.2 Å². The lowest BCUT2D eigenvalue weighted by Gasteiger charge is -2.15. The Hall–Kier alpha value is -3.01. The minimum absolute atomic E-state index is 0.130. The number of carbonyl (C=O) groups excluding carboxylic acids is 1. The van der Waals surface area contributed by atoms with E-state index >= 15 is 0 Å². The predicted octanol–water partition coefficient (Wildman–Crippen LogP) is 2.58. The van der Waals surface area contributed by atoms with Crippen molar-refractivity contribution in [2.24, 2.45) is 0 Å². The van der Waals surface area contributed by atoms with Gasteiger partial charge >= 0.3 is 0 Å². The van der Waals surface area contributed by atoms with Gasteiger partial charge in [-0.3, -0.25) is 4.79 Å². The summed E-state index contributed by atoms with van der Waals surface area (Å²) < 4.78 is 27.2. The highest BCUT2D eigenvalue weighted by atomic mass is 32.2. The van der Waals surface area contributed by atoms with Gasteiger partial charge in [-0.1, -0.05) is 18.2 Å². The van der Waals surface area contributed by atoms with Crippen molar-refractivity contribution in [1.82, 2.24) is 19.0 Å². The third kappa shape index (κ3) is 6.00. The zero-order chi connectivity index (χ0) is 22.4. The Morgan fingerprint density at radius 3 is 2.35 bits per heavy atom. The van der Waals surface area contributed by atoms with Gasteiger partial charge in [-0.15, -0.1) is 0 Å². The predicted molar refractivity (Wildman–Crippen MR) is 120 cm³/mol. The minimum atomic E-state index is -3.48. The third-order valence-corrected chi connectivity index (χ3v) is 6.58. The molecule has 31 heavy (non-hydrogen) atoms. The first-order chi connectivity index (χ1) is 14.8. The van der Waals surface area contributed by atoms with Crippen LogP contribution in [-0.2, 0) is 21.4 Å². The van der Waals surface area contributed by atoms with Crippen LogP contribution in [0.5, 0.6) is 0 Å². The molecule has 0 radical (unpaired) electrons. The molecule has 0 bridgehead atoms. The zero-order valence-corrected chi connectivity index (χ0v) is 18.7. The highest BCUT2D eigenvalue weighted by molar-refractivity contribution is 7.89. The Balaban J connectivity index is 1.48. The Bertz CT molecular complexity index is 1110. The standard InChI is InChI=1S/C22H27N5O3S/c1-25(2)31(29,30)21-11-9-19(10-12-21)24-22(28)13-14-26(3)16-18-15-23-27(17-18)20-7-5-4-6-8-20/h4-12,15,17H,13-14,16H2,1-3H3,(H,24,28). The summed E-state index contributed by atoms with van der Waals surface area (Å²) in [5, 5.41) is 7.19. The number of amides is 1. The molecule has 1 amide bonds. The number of benzene rings is 2. The summed E-state index contributed by atoms with van der Waals surface area (Å²) in [6, 6.07) is 16.1. The van der Waals surface area contributed by atoms with Crippen LogP contribution >= 0.6 is 0 Å². The fourth-order valence-corrected chi connectivity index (χ4v) is 3.89. The van der Waals surface area contributed by atoms with Crippen molar-refractivity contribution >= 4 is 21.6 Å². The van der Waals surface area contributed by atoms with Crippen LogP contribution in [0, 0.1) is 0 Å². The number of hydrogen-bond donors (Lipinski definition) is 1. The molecule has 0 saturated heterocycles.